The van der Waals surface area contributed by atoms with Crippen molar-refractivity contribution in [3.63, 3.8) is 0 Å². The van der Waals surface area contributed by atoms with Crippen molar-refractivity contribution in [3.05, 3.63) is 24.3 Å². The van der Waals surface area contributed by atoms with Crippen LogP contribution in [-0.2, 0) is 0 Å². The van der Waals surface area contributed by atoms with Gasteiger partial charge in [0.05, 0.1) is 0 Å². The Morgan fingerprint density at radius 1 is 1.45 bits per heavy atom. The average molecular weight is 160 g/mol. The number of benzene rings is 1. The molecule has 0 aliphatic heterocycles. The van der Waals surface area contributed by atoms with Crippen LogP contribution in [-0.4, -0.2) is 29.3 Å². The van der Waals surface area contributed by atoms with Crippen LogP contribution >= 0.6 is 11.8 Å². The molecule has 0 saturated carbocycles. The molecular formula is C8H9LiOS. The van der Waals surface area contributed by atoms with Gasteiger partial charge in [-0.1, -0.05) is 0 Å². The molecule has 0 N–H and O–H groups in total. The zero-order valence-corrected chi connectivity index (χ0v) is 7.65. The summed E-state index contributed by atoms with van der Waals surface area (Å²) in [6.45, 7) is 0. The molecule has 1 aromatic rings. The molecule has 54 valence electrons. The first-order chi connectivity index (χ1) is 5.38. The number of rotatable bonds is 3. The van der Waals surface area contributed by atoms with E-state index >= 15 is 0 Å². The van der Waals surface area contributed by atoms with Crippen LogP contribution in [0.25, 0.3) is 0 Å². The third-order valence-corrected chi connectivity index (χ3v) is 2.31. The van der Waals surface area contributed by atoms with Crippen molar-refractivity contribution < 1.29 is 4.74 Å². The second kappa shape index (κ2) is 4.77. The zero-order chi connectivity index (χ0) is 8.10. The van der Waals surface area contributed by atoms with E-state index in [4.69, 9.17) is 4.74 Å². The summed E-state index contributed by atoms with van der Waals surface area (Å²) in [7, 11) is 1.70. The van der Waals surface area contributed by atoms with E-state index in [1.54, 1.807) is 18.9 Å². The van der Waals surface area contributed by atoms with Crippen LogP contribution in [0.1, 0.15) is 0 Å². The van der Waals surface area contributed by atoms with Gasteiger partial charge in [0.2, 0.25) is 0 Å². The number of para-hydroxylation sites is 1. The van der Waals surface area contributed by atoms with Crippen molar-refractivity contribution in [3.8, 4) is 5.75 Å². The normalized spacial score (nSPS) is 9.73. The summed E-state index contributed by atoms with van der Waals surface area (Å²) in [5.74, 6) is 0.972. The van der Waals surface area contributed by atoms with Crippen molar-refractivity contribution in [1.29, 1.82) is 0 Å². The van der Waals surface area contributed by atoms with E-state index < -0.39 is 0 Å². The van der Waals surface area contributed by atoms with Crippen molar-refractivity contribution in [2.24, 2.45) is 0 Å². The van der Waals surface area contributed by atoms with Crippen LogP contribution in [0.5, 0.6) is 5.75 Å². The first kappa shape index (κ1) is 9.06. The van der Waals surface area contributed by atoms with Gasteiger partial charge in [-0.2, -0.15) is 0 Å². The van der Waals surface area contributed by atoms with Crippen LogP contribution in [0.15, 0.2) is 29.2 Å². The van der Waals surface area contributed by atoms with E-state index in [0.717, 1.165) is 10.2 Å². The van der Waals surface area contributed by atoms with Gasteiger partial charge in [0.15, 0.2) is 0 Å². The molecule has 0 radical (unpaired) electrons. The quantitative estimate of drug-likeness (QED) is 0.493. The zero-order valence-electron chi connectivity index (χ0n) is 6.83. The molecule has 3 heteroatoms. The minimum atomic E-state index is 0.972. The fourth-order valence-electron chi connectivity index (χ4n) is 0.894. The molecule has 0 unspecified atom stereocenters. The molecule has 1 aromatic carbocycles. The molecule has 1 rings (SSSR count). The molecule has 0 spiro atoms. The Kier molecular flexibility index (Phi) is 3.93. The van der Waals surface area contributed by atoms with Gasteiger partial charge in [0.25, 0.3) is 0 Å². The van der Waals surface area contributed by atoms with Gasteiger partial charge in [0.1, 0.15) is 0 Å². The van der Waals surface area contributed by atoms with Gasteiger partial charge in [-0.25, -0.2) is 0 Å². The fourth-order valence-corrected chi connectivity index (χ4v) is 1.67. The van der Waals surface area contributed by atoms with Crippen LogP contribution in [0.3, 0.4) is 0 Å². The number of methoxy groups -OCH3 is 1. The molecule has 0 atom stereocenters. The summed E-state index contributed by atoms with van der Waals surface area (Å²) < 4.78 is 6.26. The van der Waals surface area contributed by atoms with Crippen LogP contribution in [0.2, 0.25) is 0 Å². The fraction of sp³-hybridized carbons (Fsp3) is 0.250. The Balaban J connectivity index is 2.83. The Labute approximate surface area is 80.7 Å². The number of hydrogen-bond donors (Lipinski definition) is 0. The molecule has 0 aliphatic carbocycles. The number of ether oxygens (including phenoxy) is 1. The Morgan fingerprint density at radius 2 is 2.18 bits per heavy atom. The van der Waals surface area contributed by atoms with Crippen molar-refractivity contribution >= 4 is 29.5 Å². The predicted molar refractivity (Wildman–Crippen MR) is 49.5 cm³/mol. The number of thioether (sulfide) groups is 1. The van der Waals surface area contributed by atoms with E-state index in [-0.39, 0.29) is 0 Å². The molecule has 0 heterocycles. The first-order valence-corrected chi connectivity index (χ1v) is 4.63. The summed E-state index contributed by atoms with van der Waals surface area (Å²) in [6.07, 6.45) is 0. The Morgan fingerprint density at radius 3 is 2.82 bits per heavy atom. The first-order valence-electron chi connectivity index (χ1n) is 3.64. The maximum atomic E-state index is 5.18. The summed E-state index contributed by atoms with van der Waals surface area (Å²) in [4.78, 5) is 1.22. The van der Waals surface area contributed by atoms with Crippen molar-refractivity contribution in [2.45, 2.75) is 4.90 Å². The summed E-state index contributed by atoms with van der Waals surface area (Å²) >= 11 is 3.94. The monoisotopic (exact) mass is 160 g/mol. The summed E-state index contributed by atoms with van der Waals surface area (Å²) in [5.41, 5.74) is 0. The second-order valence-electron chi connectivity index (χ2n) is 2.08. The summed E-state index contributed by atoms with van der Waals surface area (Å²) in [5, 5.41) is 0. The third kappa shape index (κ3) is 2.48. The molecule has 0 fully saturated rings. The second-order valence-corrected chi connectivity index (χ2v) is 3.39. The molecule has 0 bridgehead atoms. The third-order valence-electron chi connectivity index (χ3n) is 1.37. The van der Waals surface area contributed by atoms with E-state index in [9.17, 15) is 0 Å². The van der Waals surface area contributed by atoms with E-state index in [1.165, 1.54) is 4.90 Å². The van der Waals surface area contributed by atoms with Crippen LogP contribution in [0, 0.1) is 0 Å². The molecule has 0 saturated heterocycles. The molecule has 0 aliphatic rings. The van der Waals surface area contributed by atoms with Crippen LogP contribution in [0.4, 0.5) is 0 Å². The minimum absolute atomic E-state index is 0.972. The summed E-state index contributed by atoms with van der Waals surface area (Å²) in [6, 6.07) is 8.07. The van der Waals surface area contributed by atoms with Gasteiger partial charge in [-0.05, 0) is 0 Å². The predicted octanol–water partition coefficient (Wildman–Crippen LogP) is 1.91. The number of hydrogen-bond acceptors (Lipinski definition) is 2. The molecule has 0 amide bonds. The van der Waals surface area contributed by atoms with Gasteiger partial charge in [-0.3, -0.25) is 0 Å². The SMILES string of the molecule is [Li][CH2]Sc1ccccc1OC. The molecule has 11 heavy (non-hydrogen) atoms. The molecule has 1 nitrogen and oxygen atoms in total. The Hall–Kier alpha value is -0.0326. The molecular weight excluding hydrogens is 151 g/mol. The van der Waals surface area contributed by atoms with Gasteiger partial charge in [0, 0.05) is 0 Å². The average Bonchev–Trinajstić information content (AvgIpc) is 2.06. The Bertz CT molecular complexity index is 227. The maximum absolute atomic E-state index is 5.18. The van der Waals surface area contributed by atoms with E-state index in [2.05, 4.69) is 23.8 Å². The molecule has 0 aromatic heterocycles. The standard InChI is InChI=1S/C8H9OS.Li/c1-9-7-5-3-4-6-8(7)10-2;/h3-6H,2H2,1H3;. The van der Waals surface area contributed by atoms with Gasteiger partial charge >= 0.3 is 80.7 Å². The van der Waals surface area contributed by atoms with E-state index in [0.29, 0.717) is 0 Å². The van der Waals surface area contributed by atoms with Gasteiger partial charge < -0.3 is 0 Å². The van der Waals surface area contributed by atoms with E-state index in [1.807, 2.05) is 18.2 Å². The van der Waals surface area contributed by atoms with Gasteiger partial charge in [-0.15, -0.1) is 0 Å². The van der Waals surface area contributed by atoms with Crippen molar-refractivity contribution in [1.82, 2.24) is 0 Å². The van der Waals surface area contributed by atoms with Crippen molar-refractivity contribution in [2.75, 3.05) is 11.5 Å². The topological polar surface area (TPSA) is 9.23 Å². The van der Waals surface area contributed by atoms with Crippen LogP contribution < -0.4 is 4.74 Å².